The van der Waals surface area contributed by atoms with Crippen molar-refractivity contribution in [3.8, 4) is 0 Å². The van der Waals surface area contributed by atoms with Gasteiger partial charge in [0.15, 0.2) is 6.10 Å². The highest BCUT2D eigenvalue weighted by atomic mass is 19.1. The highest BCUT2D eigenvalue weighted by Gasteiger charge is 2.44. The molecule has 0 aromatic heterocycles. The molecule has 146 valence electrons. The molecule has 3 atom stereocenters. The van der Waals surface area contributed by atoms with Gasteiger partial charge in [-0.15, -0.1) is 0 Å². The summed E-state index contributed by atoms with van der Waals surface area (Å²) in [5.41, 5.74) is -0.825. The first-order valence-corrected chi connectivity index (χ1v) is 8.61. The first-order valence-electron chi connectivity index (χ1n) is 8.61. The Morgan fingerprint density at radius 2 is 2.04 bits per heavy atom. The Bertz CT molecular complexity index is 765. The zero-order valence-corrected chi connectivity index (χ0v) is 15.0. The smallest absolute Gasteiger partial charge is 0.335 e. The zero-order valence-electron chi connectivity index (χ0n) is 15.0. The number of hydrogen-bond donors (Lipinski definition) is 1. The van der Waals surface area contributed by atoms with E-state index in [4.69, 9.17) is 14.3 Å². The number of benzene rings is 1. The fourth-order valence-electron chi connectivity index (χ4n) is 3.00. The Labute approximate surface area is 154 Å². The third kappa shape index (κ3) is 4.24. The molecule has 1 fully saturated rings. The molecule has 27 heavy (non-hydrogen) atoms. The number of nitrogens with zero attached hydrogens (tertiary/aromatic N) is 1. The molecule has 2 heterocycles. The fraction of sp³-hybridized carbons (Fsp3) is 0.500. The van der Waals surface area contributed by atoms with Gasteiger partial charge >= 0.3 is 5.97 Å². The first kappa shape index (κ1) is 19.2. The van der Waals surface area contributed by atoms with E-state index < -0.39 is 35.2 Å². The van der Waals surface area contributed by atoms with Crippen molar-refractivity contribution in [2.75, 3.05) is 13.2 Å². The Balaban J connectivity index is 1.59. The van der Waals surface area contributed by atoms with E-state index in [1.807, 2.05) is 0 Å². The number of halogens is 2. The topological polar surface area (TPSA) is 86.2 Å². The van der Waals surface area contributed by atoms with E-state index in [9.17, 15) is 18.4 Å². The number of rotatable bonds is 5. The second-order valence-electron chi connectivity index (χ2n) is 6.68. The number of hydrogen-bond acceptors (Lipinski definition) is 6. The molecule has 0 bridgehead atoms. The molecule has 1 aromatic carbocycles. The highest BCUT2D eigenvalue weighted by molar-refractivity contribution is 6.05. The van der Waals surface area contributed by atoms with Crippen molar-refractivity contribution in [3.63, 3.8) is 0 Å². The molecule has 7 nitrogen and oxygen atoms in total. The molecule has 0 radical (unpaired) electrons. The van der Waals surface area contributed by atoms with Crippen molar-refractivity contribution >= 4 is 17.6 Å². The predicted molar refractivity (Wildman–Crippen MR) is 89.9 cm³/mol. The van der Waals surface area contributed by atoms with Gasteiger partial charge in [0.1, 0.15) is 11.6 Å². The lowest BCUT2D eigenvalue weighted by atomic mass is 9.94. The highest BCUT2D eigenvalue weighted by Crippen LogP contribution is 2.28. The van der Waals surface area contributed by atoms with E-state index >= 15 is 0 Å². The van der Waals surface area contributed by atoms with Gasteiger partial charge in [0.2, 0.25) is 5.60 Å². The minimum atomic E-state index is -1.32. The summed E-state index contributed by atoms with van der Waals surface area (Å²) >= 11 is 0. The van der Waals surface area contributed by atoms with Gasteiger partial charge in [-0.2, -0.15) is 0 Å². The molecule has 9 heteroatoms. The van der Waals surface area contributed by atoms with Crippen LogP contribution < -0.4 is 5.32 Å². The summed E-state index contributed by atoms with van der Waals surface area (Å²) in [5.74, 6) is -2.38. The molecular formula is C18H20F2N2O5. The number of nitrogens with one attached hydrogen (secondary N) is 1. The summed E-state index contributed by atoms with van der Waals surface area (Å²) < 4.78 is 37.0. The van der Waals surface area contributed by atoms with Crippen LogP contribution in [0.4, 0.5) is 8.78 Å². The molecule has 1 saturated heterocycles. The maximum atomic E-state index is 13.4. The van der Waals surface area contributed by atoms with E-state index in [-0.39, 0.29) is 37.0 Å². The number of carbonyl (C=O) groups is 2. The number of carbonyl (C=O) groups excluding carboxylic acids is 2. The molecule has 2 aliphatic rings. The van der Waals surface area contributed by atoms with Gasteiger partial charge in [0.05, 0.1) is 25.0 Å². The Morgan fingerprint density at radius 1 is 1.33 bits per heavy atom. The van der Waals surface area contributed by atoms with Crippen LogP contribution in [0.25, 0.3) is 0 Å². The fourth-order valence-corrected chi connectivity index (χ4v) is 3.00. The Kier molecular flexibility index (Phi) is 5.41. The third-order valence-electron chi connectivity index (χ3n) is 4.42. The Hall–Kier alpha value is -2.55. The van der Waals surface area contributed by atoms with Gasteiger partial charge in [-0.05, 0) is 26.0 Å². The molecule has 2 aliphatic heterocycles. The van der Waals surface area contributed by atoms with Gasteiger partial charge in [0.25, 0.3) is 5.91 Å². The van der Waals surface area contributed by atoms with Crippen molar-refractivity contribution in [2.45, 2.75) is 44.4 Å². The quantitative estimate of drug-likeness (QED) is 0.784. The van der Waals surface area contributed by atoms with Gasteiger partial charge in [0, 0.05) is 24.5 Å². The van der Waals surface area contributed by atoms with Crippen LogP contribution in [0.2, 0.25) is 0 Å². The van der Waals surface area contributed by atoms with Gasteiger partial charge in [-0.3, -0.25) is 4.79 Å². The Morgan fingerprint density at radius 3 is 2.70 bits per heavy atom. The van der Waals surface area contributed by atoms with Crippen LogP contribution in [0.3, 0.4) is 0 Å². The third-order valence-corrected chi connectivity index (χ3v) is 4.42. The van der Waals surface area contributed by atoms with Crippen molar-refractivity contribution in [3.05, 3.63) is 35.4 Å². The summed E-state index contributed by atoms with van der Waals surface area (Å²) in [6, 6.07) is 2.64. The van der Waals surface area contributed by atoms with Crippen LogP contribution in [0.5, 0.6) is 0 Å². The summed E-state index contributed by atoms with van der Waals surface area (Å²) in [5, 5.41) is 6.59. The number of ether oxygens (including phenoxy) is 2. The van der Waals surface area contributed by atoms with Gasteiger partial charge in [-0.1, -0.05) is 5.16 Å². The average Bonchev–Trinajstić information content (AvgIpc) is 3.22. The van der Waals surface area contributed by atoms with Gasteiger partial charge in [-0.25, -0.2) is 13.6 Å². The molecular weight excluding hydrogens is 362 g/mol. The number of amides is 1. The SMILES string of the molecule is CCOC(=O)[C@H]1C[C@@H](NC(=O)[C@@]2(C)CC(c3cc(F)cc(F)c3)=NO2)CO1. The van der Waals surface area contributed by atoms with Crippen LogP contribution >= 0.6 is 0 Å². The average molecular weight is 382 g/mol. The lowest BCUT2D eigenvalue weighted by Gasteiger charge is -2.22. The molecule has 0 spiro atoms. The molecule has 0 unspecified atom stereocenters. The number of oxime groups is 1. The van der Waals surface area contributed by atoms with Crippen LogP contribution in [0, 0.1) is 11.6 Å². The molecule has 0 saturated carbocycles. The van der Waals surface area contributed by atoms with Crippen LogP contribution in [-0.2, 0) is 23.9 Å². The van der Waals surface area contributed by atoms with E-state index in [2.05, 4.69) is 10.5 Å². The second kappa shape index (κ2) is 7.59. The van der Waals surface area contributed by atoms with Gasteiger partial charge < -0.3 is 19.6 Å². The summed E-state index contributed by atoms with van der Waals surface area (Å²) in [6.07, 6.45) is -0.366. The summed E-state index contributed by atoms with van der Waals surface area (Å²) in [4.78, 5) is 29.6. The van der Waals surface area contributed by atoms with Crippen molar-refractivity contribution in [2.24, 2.45) is 5.16 Å². The number of esters is 1. The molecule has 1 amide bonds. The minimum Gasteiger partial charge on any atom is -0.464 e. The minimum absolute atomic E-state index is 0.0522. The van der Waals surface area contributed by atoms with Crippen molar-refractivity contribution in [1.29, 1.82) is 0 Å². The van der Waals surface area contributed by atoms with E-state index in [1.54, 1.807) is 6.92 Å². The maximum absolute atomic E-state index is 13.4. The molecule has 1 aromatic rings. The summed E-state index contributed by atoms with van der Waals surface area (Å²) in [7, 11) is 0. The molecule has 1 N–H and O–H groups in total. The largest absolute Gasteiger partial charge is 0.464 e. The van der Waals surface area contributed by atoms with Crippen molar-refractivity contribution in [1.82, 2.24) is 5.32 Å². The first-order chi connectivity index (χ1) is 12.8. The lowest BCUT2D eigenvalue weighted by molar-refractivity contribution is -0.153. The summed E-state index contributed by atoms with van der Waals surface area (Å²) in [6.45, 7) is 3.66. The van der Waals surface area contributed by atoms with Crippen LogP contribution in [0.15, 0.2) is 23.4 Å². The van der Waals surface area contributed by atoms with E-state index in [0.29, 0.717) is 6.42 Å². The van der Waals surface area contributed by atoms with E-state index in [1.165, 1.54) is 6.92 Å². The van der Waals surface area contributed by atoms with Crippen LogP contribution in [0.1, 0.15) is 32.3 Å². The lowest BCUT2D eigenvalue weighted by Crippen LogP contribution is -2.49. The second-order valence-corrected chi connectivity index (χ2v) is 6.68. The standard InChI is InChI=1S/C18H20F2N2O5/c1-3-25-16(23)15-7-13(9-26-15)21-17(24)18(2)8-14(22-27-18)10-4-11(19)6-12(20)5-10/h4-6,13,15H,3,7-9H2,1-2H3,(H,21,24)/t13-,15-,18-/m1/s1. The van der Waals surface area contributed by atoms with Crippen molar-refractivity contribution < 1.29 is 32.7 Å². The molecule has 3 rings (SSSR count). The van der Waals surface area contributed by atoms with Crippen LogP contribution in [-0.4, -0.2) is 48.5 Å². The monoisotopic (exact) mass is 382 g/mol. The zero-order chi connectivity index (χ0) is 19.6. The predicted octanol–water partition coefficient (Wildman–Crippen LogP) is 1.68. The van der Waals surface area contributed by atoms with E-state index in [0.717, 1.165) is 18.2 Å². The molecule has 0 aliphatic carbocycles. The maximum Gasteiger partial charge on any atom is 0.335 e. The normalized spacial score (nSPS) is 27.0.